The van der Waals surface area contributed by atoms with Crippen molar-refractivity contribution in [3.05, 3.63) is 77.4 Å². The summed E-state index contributed by atoms with van der Waals surface area (Å²) >= 11 is 0. The number of hydrogen-bond donors (Lipinski definition) is 1. The first-order valence-corrected chi connectivity index (χ1v) is 13.3. The molecule has 2 aliphatic carbocycles. The Kier molecular flexibility index (Phi) is 7.20. The van der Waals surface area contributed by atoms with Gasteiger partial charge < -0.3 is 5.73 Å². The lowest BCUT2D eigenvalue weighted by Gasteiger charge is -2.49. The van der Waals surface area contributed by atoms with Crippen molar-refractivity contribution in [2.45, 2.75) is 96.9 Å². The molecule has 0 heterocycles. The average molecular weight is 444 g/mol. The largest absolute Gasteiger partial charge is 0.322 e. The maximum atomic E-state index is 6.37. The van der Waals surface area contributed by atoms with Gasteiger partial charge in [0.15, 0.2) is 0 Å². The molecule has 0 saturated heterocycles. The zero-order valence-electron chi connectivity index (χ0n) is 21.5. The van der Waals surface area contributed by atoms with Crippen molar-refractivity contribution in [2.75, 3.05) is 0 Å². The molecule has 0 bridgehead atoms. The summed E-state index contributed by atoms with van der Waals surface area (Å²) in [6, 6.07) is 18.2. The number of nitrogens with two attached hydrogens (primary N) is 1. The van der Waals surface area contributed by atoms with E-state index < -0.39 is 0 Å². The molecular formula is C32H45N. The molecule has 2 aromatic carbocycles. The maximum Gasteiger partial charge on any atom is 0.0355 e. The summed E-state index contributed by atoms with van der Waals surface area (Å²) in [6.45, 7) is 13.3. The van der Waals surface area contributed by atoms with Crippen LogP contribution < -0.4 is 5.73 Å². The molecule has 2 aromatic rings. The topological polar surface area (TPSA) is 26.0 Å². The molecule has 2 atom stereocenters. The van der Waals surface area contributed by atoms with E-state index in [9.17, 15) is 0 Å². The van der Waals surface area contributed by atoms with E-state index in [1.54, 1.807) is 5.56 Å². The number of rotatable bonds is 6. The lowest BCUT2D eigenvalue weighted by Crippen LogP contribution is -2.36. The highest BCUT2D eigenvalue weighted by atomic mass is 14.7. The fourth-order valence-corrected chi connectivity index (χ4v) is 7.20. The molecule has 178 valence electrons. The molecule has 1 spiro atoms. The second-order valence-corrected chi connectivity index (χ2v) is 12.0. The lowest BCUT2D eigenvalue weighted by atomic mass is 9.56. The molecule has 0 radical (unpaired) electrons. The van der Waals surface area contributed by atoms with Crippen molar-refractivity contribution in [1.82, 2.24) is 0 Å². The van der Waals surface area contributed by atoms with E-state index in [0.29, 0.717) is 11.3 Å². The molecule has 2 unspecified atom stereocenters. The van der Waals surface area contributed by atoms with Gasteiger partial charge in [-0.15, -0.1) is 0 Å². The number of aryl methyl sites for hydroxylation is 1. The molecule has 0 amide bonds. The Hall–Kier alpha value is -1.86. The monoisotopic (exact) mass is 443 g/mol. The van der Waals surface area contributed by atoms with Crippen molar-refractivity contribution >= 4 is 5.57 Å². The van der Waals surface area contributed by atoms with Crippen molar-refractivity contribution in [2.24, 2.45) is 23.0 Å². The normalized spacial score (nSPS) is 28.1. The van der Waals surface area contributed by atoms with Gasteiger partial charge in [0.05, 0.1) is 0 Å². The zero-order chi connectivity index (χ0) is 23.6. The molecule has 33 heavy (non-hydrogen) atoms. The van der Waals surface area contributed by atoms with Gasteiger partial charge in [0, 0.05) is 5.54 Å². The Morgan fingerprint density at radius 2 is 1.76 bits per heavy atom. The fourth-order valence-electron chi connectivity index (χ4n) is 7.20. The van der Waals surface area contributed by atoms with Crippen molar-refractivity contribution in [3.63, 3.8) is 0 Å². The first kappa shape index (κ1) is 24.3. The summed E-state index contributed by atoms with van der Waals surface area (Å²) in [5, 5.41) is 0. The van der Waals surface area contributed by atoms with Gasteiger partial charge in [0.25, 0.3) is 0 Å². The summed E-state index contributed by atoms with van der Waals surface area (Å²) in [6.07, 6.45) is 12.3. The summed E-state index contributed by atoms with van der Waals surface area (Å²) in [7, 11) is 0. The highest BCUT2D eigenvalue weighted by Crippen LogP contribution is 2.56. The lowest BCUT2D eigenvalue weighted by molar-refractivity contribution is 0.0608. The molecule has 2 fully saturated rings. The van der Waals surface area contributed by atoms with Gasteiger partial charge in [-0.2, -0.15) is 0 Å². The minimum atomic E-state index is -0.299. The third-order valence-electron chi connectivity index (χ3n) is 8.82. The van der Waals surface area contributed by atoms with Crippen LogP contribution in [0.15, 0.2) is 55.1 Å². The van der Waals surface area contributed by atoms with Crippen molar-refractivity contribution in [3.8, 4) is 0 Å². The molecule has 1 heteroatoms. The Morgan fingerprint density at radius 1 is 1.06 bits per heavy atom. The quantitative estimate of drug-likeness (QED) is 0.474. The second-order valence-electron chi connectivity index (χ2n) is 12.0. The van der Waals surface area contributed by atoms with Crippen LogP contribution in [0.2, 0.25) is 0 Å². The highest BCUT2D eigenvalue weighted by Gasteiger charge is 2.43. The van der Waals surface area contributed by atoms with Gasteiger partial charge in [-0.3, -0.25) is 0 Å². The van der Waals surface area contributed by atoms with E-state index in [1.807, 2.05) is 0 Å². The van der Waals surface area contributed by atoms with Gasteiger partial charge in [0.2, 0.25) is 0 Å². The summed E-state index contributed by atoms with van der Waals surface area (Å²) < 4.78 is 0. The number of benzene rings is 2. The maximum absolute atomic E-state index is 6.37. The van der Waals surface area contributed by atoms with Gasteiger partial charge in [-0.25, -0.2) is 0 Å². The molecule has 1 nitrogen and oxygen atoms in total. The molecule has 2 aliphatic rings. The van der Waals surface area contributed by atoms with Crippen LogP contribution in [0, 0.1) is 24.2 Å². The van der Waals surface area contributed by atoms with Crippen LogP contribution in [-0.4, -0.2) is 0 Å². The Morgan fingerprint density at radius 3 is 2.36 bits per heavy atom. The van der Waals surface area contributed by atoms with E-state index in [1.165, 1.54) is 80.1 Å². The van der Waals surface area contributed by atoms with Gasteiger partial charge in [-0.1, -0.05) is 74.9 Å². The molecule has 2 saturated carbocycles. The highest BCUT2D eigenvalue weighted by molar-refractivity contribution is 5.66. The predicted octanol–water partition coefficient (Wildman–Crippen LogP) is 8.76. The molecule has 0 aromatic heterocycles. The van der Waals surface area contributed by atoms with Crippen molar-refractivity contribution in [1.29, 1.82) is 0 Å². The smallest absolute Gasteiger partial charge is 0.0355 e. The third-order valence-corrected chi connectivity index (χ3v) is 8.82. The Labute approximate surface area is 202 Å². The third kappa shape index (κ3) is 5.46. The summed E-state index contributed by atoms with van der Waals surface area (Å²) in [5.74, 6) is 2.25. The average Bonchev–Trinajstić information content (AvgIpc) is 2.79. The molecule has 4 rings (SSSR count). The number of allylic oxidation sites excluding steroid dienone is 1. The first-order valence-electron chi connectivity index (χ1n) is 13.3. The fraction of sp³-hybridized carbons (Fsp3) is 0.562. The van der Waals surface area contributed by atoms with Crippen LogP contribution in [0.25, 0.3) is 5.57 Å². The SMILES string of the molecule is C=C(c1ccc(C(C)(C)N)c(C)c1)C1CCC2(CC1)CC(CCC)CC(c1ccccc1)C2. The van der Waals surface area contributed by atoms with Crippen LogP contribution >= 0.6 is 0 Å². The first-order chi connectivity index (χ1) is 15.7. The van der Waals surface area contributed by atoms with E-state index in [0.717, 1.165) is 11.8 Å². The van der Waals surface area contributed by atoms with Gasteiger partial charge in [0.1, 0.15) is 0 Å². The summed E-state index contributed by atoms with van der Waals surface area (Å²) in [4.78, 5) is 0. The molecular weight excluding hydrogens is 398 g/mol. The van der Waals surface area contributed by atoms with E-state index in [4.69, 9.17) is 5.73 Å². The van der Waals surface area contributed by atoms with Crippen molar-refractivity contribution < 1.29 is 0 Å². The van der Waals surface area contributed by atoms with Crippen LogP contribution in [0.4, 0.5) is 0 Å². The van der Waals surface area contributed by atoms with Gasteiger partial charge >= 0.3 is 0 Å². The predicted molar refractivity (Wildman–Crippen MR) is 143 cm³/mol. The van der Waals surface area contributed by atoms with E-state index >= 15 is 0 Å². The molecule has 2 N–H and O–H groups in total. The second kappa shape index (κ2) is 9.79. The standard InChI is InChI=1S/C32H45N/c1-6-10-25-20-29(27-11-8-7-9-12-27)22-32(21-25)17-15-26(16-18-32)24(3)28-13-14-30(23(2)19-28)31(4,5)33/h7-9,11-14,19,25-26,29H,3,6,10,15-18,20-22,33H2,1-2,4-5H3. The van der Waals surface area contributed by atoms with Crippen LogP contribution in [0.1, 0.15) is 107 Å². The summed E-state index contributed by atoms with van der Waals surface area (Å²) in [5.41, 5.74) is 13.4. The van der Waals surface area contributed by atoms with Crippen LogP contribution in [0.3, 0.4) is 0 Å². The number of hydrogen-bond acceptors (Lipinski definition) is 1. The zero-order valence-corrected chi connectivity index (χ0v) is 21.5. The Balaban J connectivity index is 1.46. The minimum absolute atomic E-state index is 0.299. The Bertz CT molecular complexity index is 940. The molecule has 0 aliphatic heterocycles. The minimum Gasteiger partial charge on any atom is -0.322 e. The van der Waals surface area contributed by atoms with Gasteiger partial charge in [-0.05, 0) is 117 Å². The van der Waals surface area contributed by atoms with Crippen LogP contribution in [-0.2, 0) is 5.54 Å². The van der Waals surface area contributed by atoms with E-state index in [2.05, 4.69) is 82.8 Å². The van der Waals surface area contributed by atoms with Crippen LogP contribution in [0.5, 0.6) is 0 Å². The van der Waals surface area contributed by atoms with E-state index in [-0.39, 0.29) is 5.54 Å².